The number of aryl methyl sites for hydroxylation is 1. The highest BCUT2D eigenvalue weighted by atomic mass is 32.2. The van der Waals surface area contributed by atoms with Gasteiger partial charge in [0.15, 0.2) is 0 Å². The fourth-order valence-corrected chi connectivity index (χ4v) is 3.36. The van der Waals surface area contributed by atoms with Crippen LogP contribution in [-0.2, 0) is 14.9 Å². The number of rotatable bonds is 4. The lowest BCUT2D eigenvalue weighted by Crippen LogP contribution is -2.12. The molecule has 2 aromatic rings. The molecule has 0 aliphatic carbocycles. The summed E-state index contributed by atoms with van der Waals surface area (Å²) in [4.78, 5) is 5.47. The molecular weight excluding hydrogens is 290 g/mol. The van der Waals surface area contributed by atoms with E-state index in [4.69, 9.17) is 9.57 Å². The molecule has 6 heteroatoms. The van der Waals surface area contributed by atoms with Crippen LogP contribution in [0.3, 0.4) is 0 Å². The largest absolute Gasteiger partial charge is 0.496 e. The van der Waals surface area contributed by atoms with Crippen LogP contribution in [0.15, 0.2) is 53.4 Å². The number of sulfonamides is 1. The van der Waals surface area contributed by atoms with Gasteiger partial charge in [-0.25, -0.2) is 8.42 Å². The molecule has 1 unspecified atom stereocenters. The summed E-state index contributed by atoms with van der Waals surface area (Å²) in [6.07, 6.45) is -0.632. The molecule has 110 valence electrons. The number of nitrogens with zero attached hydrogens (tertiary/aromatic N) is 1. The summed E-state index contributed by atoms with van der Waals surface area (Å²) in [6, 6.07) is 13.9. The zero-order chi connectivity index (χ0) is 15.0. The van der Waals surface area contributed by atoms with Gasteiger partial charge >= 0.3 is 0 Å². The van der Waals surface area contributed by atoms with Crippen molar-refractivity contribution in [3.8, 4) is 5.75 Å². The van der Waals surface area contributed by atoms with Gasteiger partial charge in [-0.1, -0.05) is 35.9 Å². The molecule has 0 radical (unpaired) electrons. The number of hydrogen-bond acceptors (Lipinski definition) is 4. The minimum Gasteiger partial charge on any atom is -0.496 e. The van der Waals surface area contributed by atoms with Crippen molar-refractivity contribution in [3.05, 3.63) is 59.7 Å². The van der Waals surface area contributed by atoms with Crippen molar-refractivity contribution in [1.29, 1.82) is 0 Å². The van der Waals surface area contributed by atoms with Crippen LogP contribution in [0.2, 0.25) is 0 Å². The van der Waals surface area contributed by atoms with Crippen molar-refractivity contribution in [2.45, 2.75) is 18.0 Å². The van der Waals surface area contributed by atoms with E-state index < -0.39 is 16.3 Å². The average molecular weight is 305 g/mol. The summed E-state index contributed by atoms with van der Waals surface area (Å²) >= 11 is 0. The highest BCUT2D eigenvalue weighted by Crippen LogP contribution is 2.45. The highest BCUT2D eigenvalue weighted by molar-refractivity contribution is 7.89. The standard InChI is InChI=1S/C15H15NO4S/c1-11-7-9-12(10-8-11)21(17,18)16-15(20-16)13-5-3-4-6-14(13)19-2/h3-10,15H,1-2H3/t15-,16?/m0/s1. The van der Waals surface area contributed by atoms with Crippen molar-refractivity contribution < 1.29 is 18.0 Å². The molecule has 21 heavy (non-hydrogen) atoms. The lowest BCUT2D eigenvalue weighted by molar-refractivity contribution is 0.282. The summed E-state index contributed by atoms with van der Waals surface area (Å²) in [5.41, 5.74) is 1.69. The second-order valence-electron chi connectivity index (χ2n) is 4.77. The van der Waals surface area contributed by atoms with Crippen LogP contribution in [0.4, 0.5) is 0 Å². The SMILES string of the molecule is COc1ccccc1[C@@H]1ON1S(=O)(=O)c1ccc(C)cc1. The summed E-state index contributed by atoms with van der Waals surface area (Å²) in [7, 11) is -2.11. The predicted octanol–water partition coefficient (Wildman–Crippen LogP) is 2.64. The Morgan fingerprint density at radius 1 is 1.10 bits per heavy atom. The lowest BCUT2D eigenvalue weighted by Gasteiger charge is -2.06. The first kappa shape index (κ1) is 14.1. The monoisotopic (exact) mass is 305 g/mol. The number of benzene rings is 2. The Morgan fingerprint density at radius 3 is 2.43 bits per heavy atom. The Kier molecular flexibility index (Phi) is 3.44. The van der Waals surface area contributed by atoms with Crippen LogP contribution in [0.5, 0.6) is 5.75 Å². The third-order valence-corrected chi connectivity index (χ3v) is 4.93. The summed E-state index contributed by atoms with van der Waals surface area (Å²) in [5, 5.41) is 0. The quantitative estimate of drug-likeness (QED) is 0.815. The molecule has 0 bridgehead atoms. The summed E-state index contributed by atoms with van der Waals surface area (Å²) < 4.78 is 31.1. The smallest absolute Gasteiger partial charge is 0.267 e. The van der Waals surface area contributed by atoms with Crippen LogP contribution in [-0.4, -0.2) is 20.0 Å². The highest BCUT2D eigenvalue weighted by Gasteiger charge is 2.49. The maximum absolute atomic E-state index is 12.4. The maximum atomic E-state index is 12.4. The second-order valence-corrected chi connectivity index (χ2v) is 6.55. The van der Waals surface area contributed by atoms with Gasteiger partial charge in [-0.15, -0.1) is 0 Å². The molecule has 2 atom stereocenters. The van der Waals surface area contributed by atoms with Crippen LogP contribution in [0.25, 0.3) is 0 Å². The molecule has 1 saturated heterocycles. The van der Waals surface area contributed by atoms with E-state index in [0.717, 1.165) is 10.0 Å². The number of methoxy groups -OCH3 is 1. The predicted molar refractivity (Wildman–Crippen MR) is 77.0 cm³/mol. The Balaban J connectivity index is 1.88. The third kappa shape index (κ3) is 2.53. The first-order valence-corrected chi connectivity index (χ1v) is 7.89. The van der Waals surface area contributed by atoms with Gasteiger partial charge in [-0.3, -0.25) is 4.84 Å². The van der Waals surface area contributed by atoms with Crippen LogP contribution in [0, 0.1) is 6.92 Å². The van der Waals surface area contributed by atoms with Crippen molar-refractivity contribution in [1.82, 2.24) is 4.47 Å². The molecule has 1 aliphatic heterocycles. The topological polar surface area (TPSA) is 58.9 Å². The van der Waals surface area contributed by atoms with E-state index in [0.29, 0.717) is 11.3 Å². The van der Waals surface area contributed by atoms with Gasteiger partial charge in [0.25, 0.3) is 10.0 Å². The first-order chi connectivity index (χ1) is 10.0. The molecule has 2 aromatic carbocycles. The first-order valence-electron chi connectivity index (χ1n) is 6.45. The van der Waals surface area contributed by atoms with Crippen LogP contribution >= 0.6 is 0 Å². The van der Waals surface area contributed by atoms with Crippen molar-refractivity contribution in [2.24, 2.45) is 0 Å². The number of hydroxylamine groups is 1. The van der Waals surface area contributed by atoms with E-state index in [1.807, 2.05) is 19.1 Å². The van der Waals surface area contributed by atoms with Gasteiger partial charge in [0.2, 0.25) is 6.23 Å². The fourth-order valence-electron chi connectivity index (χ4n) is 2.11. The number of ether oxygens (including phenoxy) is 1. The molecule has 0 spiro atoms. The molecule has 3 rings (SSSR count). The summed E-state index contributed by atoms with van der Waals surface area (Å²) in [5.74, 6) is 0.601. The molecule has 0 aromatic heterocycles. The van der Waals surface area contributed by atoms with E-state index in [1.54, 1.807) is 43.5 Å². The second kappa shape index (κ2) is 5.14. The molecule has 0 N–H and O–H groups in total. The van der Waals surface area contributed by atoms with Gasteiger partial charge in [0.1, 0.15) is 5.75 Å². The van der Waals surface area contributed by atoms with E-state index in [-0.39, 0.29) is 4.90 Å². The van der Waals surface area contributed by atoms with Gasteiger partial charge in [-0.05, 0) is 29.6 Å². The van der Waals surface area contributed by atoms with Crippen molar-refractivity contribution >= 4 is 10.0 Å². The average Bonchev–Trinajstić information content (AvgIpc) is 3.28. The van der Waals surface area contributed by atoms with Gasteiger partial charge in [0.05, 0.1) is 12.0 Å². The molecular formula is C15H15NO4S. The lowest BCUT2D eigenvalue weighted by atomic mass is 10.2. The maximum Gasteiger partial charge on any atom is 0.267 e. The molecule has 5 nitrogen and oxygen atoms in total. The number of para-hydroxylation sites is 1. The van der Waals surface area contributed by atoms with Gasteiger partial charge < -0.3 is 4.74 Å². The van der Waals surface area contributed by atoms with E-state index in [9.17, 15) is 8.42 Å². The minimum absolute atomic E-state index is 0.213. The van der Waals surface area contributed by atoms with Gasteiger partial charge in [0, 0.05) is 5.56 Å². The molecule has 0 saturated carbocycles. The van der Waals surface area contributed by atoms with Crippen molar-refractivity contribution in [2.75, 3.05) is 7.11 Å². The van der Waals surface area contributed by atoms with Crippen LogP contribution in [0.1, 0.15) is 17.4 Å². The fraction of sp³-hybridized carbons (Fsp3) is 0.200. The van der Waals surface area contributed by atoms with Crippen molar-refractivity contribution in [3.63, 3.8) is 0 Å². The van der Waals surface area contributed by atoms with Crippen LogP contribution < -0.4 is 4.74 Å². The zero-order valence-corrected chi connectivity index (χ0v) is 12.5. The van der Waals surface area contributed by atoms with E-state index >= 15 is 0 Å². The Labute approximate surface area is 123 Å². The van der Waals surface area contributed by atoms with E-state index in [1.165, 1.54) is 0 Å². The summed E-state index contributed by atoms with van der Waals surface area (Å²) in [6.45, 7) is 1.90. The minimum atomic E-state index is -3.65. The molecule has 1 heterocycles. The Bertz CT molecular complexity index is 755. The van der Waals surface area contributed by atoms with E-state index in [2.05, 4.69) is 0 Å². The van der Waals surface area contributed by atoms with Gasteiger partial charge in [-0.2, -0.15) is 0 Å². The normalized spacial score (nSPS) is 21.0. The third-order valence-electron chi connectivity index (χ3n) is 3.31. The Hall–Kier alpha value is -1.89. The molecule has 1 fully saturated rings. The number of hydrogen-bond donors (Lipinski definition) is 0. The molecule has 1 aliphatic rings. The molecule has 0 amide bonds. The Morgan fingerprint density at radius 2 is 1.76 bits per heavy atom. The zero-order valence-electron chi connectivity index (χ0n) is 11.7.